The second-order valence-electron chi connectivity index (χ2n) is 5.26. The number of nitrogens with zero attached hydrogens (tertiary/aromatic N) is 1. The van der Waals surface area contributed by atoms with Crippen LogP contribution in [0.15, 0.2) is 60.9 Å². The van der Waals surface area contributed by atoms with E-state index in [4.69, 9.17) is 17.0 Å². The zero-order chi connectivity index (χ0) is 14.9. The third-order valence-electron chi connectivity index (χ3n) is 4.04. The second kappa shape index (κ2) is 5.39. The molecule has 22 heavy (non-hydrogen) atoms. The Hall–Kier alpha value is -2.46. The van der Waals surface area contributed by atoms with E-state index in [1.54, 1.807) is 12.4 Å². The molecule has 4 rings (SSSR count). The van der Waals surface area contributed by atoms with Crippen molar-refractivity contribution in [3.05, 3.63) is 77.9 Å². The molecule has 1 heterocycles. The van der Waals surface area contributed by atoms with E-state index in [0.717, 1.165) is 0 Å². The summed E-state index contributed by atoms with van der Waals surface area (Å²) in [6.45, 7) is 0.521. The van der Waals surface area contributed by atoms with Crippen molar-refractivity contribution in [1.29, 1.82) is 0 Å². The number of hydrogen-bond donors (Lipinski definition) is 1. The maximum Gasteiger partial charge on any atom is 0.227 e. The van der Waals surface area contributed by atoms with Gasteiger partial charge >= 0.3 is 0 Å². The minimum Gasteiger partial charge on any atom is -0.480 e. The summed E-state index contributed by atoms with van der Waals surface area (Å²) in [4.78, 5) is 7.10. The summed E-state index contributed by atoms with van der Waals surface area (Å²) in [5, 5.41) is 0.409. The topological polar surface area (TPSA) is 37.9 Å². The summed E-state index contributed by atoms with van der Waals surface area (Å²) < 4.78 is 5.82. The first kappa shape index (κ1) is 13.2. The van der Waals surface area contributed by atoms with E-state index in [1.165, 1.54) is 22.3 Å². The van der Waals surface area contributed by atoms with Gasteiger partial charge in [0.15, 0.2) is 5.82 Å². The Morgan fingerprint density at radius 1 is 1.05 bits per heavy atom. The molecule has 0 saturated carbocycles. The Kier molecular flexibility index (Phi) is 3.24. The Bertz CT molecular complexity index is 781. The lowest BCUT2D eigenvalue weighted by molar-refractivity contribution is 0.299. The minimum atomic E-state index is 0.209. The van der Waals surface area contributed by atoms with Gasteiger partial charge in [-0.05, 0) is 34.5 Å². The Morgan fingerprint density at radius 3 is 2.27 bits per heavy atom. The van der Waals surface area contributed by atoms with Crippen LogP contribution in [0.3, 0.4) is 0 Å². The maximum absolute atomic E-state index is 5.82. The fourth-order valence-electron chi connectivity index (χ4n) is 3.04. The van der Waals surface area contributed by atoms with Crippen LogP contribution in [0.2, 0.25) is 0 Å². The number of rotatable bonds is 3. The van der Waals surface area contributed by atoms with Gasteiger partial charge in [0.2, 0.25) is 5.05 Å². The average molecular weight is 306 g/mol. The molecule has 108 valence electrons. The van der Waals surface area contributed by atoms with E-state index in [0.29, 0.717) is 17.5 Å². The highest BCUT2D eigenvalue weighted by Gasteiger charge is 2.28. The number of benzene rings is 2. The summed E-state index contributed by atoms with van der Waals surface area (Å²) in [7, 11) is 0. The molecule has 0 amide bonds. The molecule has 0 atom stereocenters. The molecule has 1 aliphatic carbocycles. The summed E-state index contributed by atoms with van der Waals surface area (Å²) >= 11 is 5.29. The molecular weight excluding hydrogens is 292 g/mol. The first-order valence-electron chi connectivity index (χ1n) is 7.19. The van der Waals surface area contributed by atoms with Crippen molar-refractivity contribution < 1.29 is 4.74 Å². The fraction of sp³-hybridized carbons (Fsp3) is 0.111. The van der Waals surface area contributed by atoms with Gasteiger partial charge in [-0.25, -0.2) is 4.98 Å². The van der Waals surface area contributed by atoms with Crippen LogP contribution in [-0.4, -0.2) is 21.6 Å². The summed E-state index contributed by atoms with van der Waals surface area (Å²) in [6, 6.07) is 17.0. The highest BCUT2D eigenvalue weighted by molar-refractivity contribution is 7.80. The molecule has 0 spiro atoms. The van der Waals surface area contributed by atoms with Crippen molar-refractivity contribution in [2.24, 2.45) is 0 Å². The normalized spacial score (nSPS) is 12.7. The SMILES string of the molecule is S=C(OCC1c2ccccc2-c2ccccc21)c1ncc[nH]1. The van der Waals surface area contributed by atoms with E-state index in [2.05, 4.69) is 58.5 Å². The number of nitrogens with one attached hydrogen (secondary N) is 1. The largest absolute Gasteiger partial charge is 0.480 e. The van der Waals surface area contributed by atoms with Crippen LogP contribution in [0.4, 0.5) is 0 Å². The molecule has 0 radical (unpaired) electrons. The monoisotopic (exact) mass is 306 g/mol. The van der Waals surface area contributed by atoms with Gasteiger partial charge in [-0.1, -0.05) is 48.5 Å². The van der Waals surface area contributed by atoms with Crippen LogP contribution < -0.4 is 0 Å². The second-order valence-corrected chi connectivity index (χ2v) is 5.63. The number of hydrogen-bond acceptors (Lipinski definition) is 3. The highest BCUT2D eigenvalue weighted by atomic mass is 32.1. The molecule has 3 aromatic rings. The molecular formula is C18H14N2OS. The van der Waals surface area contributed by atoms with Gasteiger partial charge in [-0.3, -0.25) is 0 Å². The van der Waals surface area contributed by atoms with E-state index in [-0.39, 0.29) is 5.92 Å². The van der Waals surface area contributed by atoms with Crippen molar-refractivity contribution in [2.45, 2.75) is 5.92 Å². The smallest absolute Gasteiger partial charge is 0.227 e. The lowest BCUT2D eigenvalue weighted by Gasteiger charge is -2.14. The predicted molar refractivity (Wildman–Crippen MR) is 90.0 cm³/mol. The van der Waals surface area contributed by atoms with E-state index in [9.17, 15) is 0 Å². The third kappa shape index (κ3) is 2.12. The zero-order valence-corrected chi connectivity index (χ0v) is 12.6. The minimum absolute atomic E-state index is 0.209. The van der Waals surface area contributed by atoms with Crippen LogP contribution in [0.5, 0.6) is 0 Å². The predicted octanol–water partition coefficient (Wildman–Crippen LogP) is 3.91. The van der Waals surface area contributed by atoms with Gasteiger partial charge in [0.05, 0.1) is 0 Å². The Labute approximate surface area is 134 Å². The molecule has 0 saturated heterocycles. The molecule has 2 aromatic carbocycles. The Morgan fingerprint density at radius 2 is 1.68 bits per heavy atom. The summed E-state index contributed by atoms with van der Waals surface area (Å²) in [6.07, 6.45) is 3.41. The van der Waals surface area contributed by atoms with E-state index >= 15 is 0 Å². The number of aromatic amines is 1. The summed E-state index contributed by atoms with van der Waals surface area (Å²) in [5.74, 6) is 0.815. The Balaban J connectivity index is 1.63. The lowest BCUT2D eigenvalue weighted by Crippen LogP contribution is -2.12. The van der Waals surface area contributed by atoms with Crippen LogP contribution in [0.1, 0.15) is 22.9 Å². The quantitative estimate of drug-likeness (QED) is 0.745. The van der Waals surface area contributed by atoms with Crippen molar-refractivity contribution >= 4 is 17.3 Å². The molecule has 0 unspecified atom stereocenters. The molecule has 1 aliphatic rings. The number of fused-ring (bicyclic) bond motifs is 3. The first-order chi connectivity index (χ1) is 10.8. The third-order valence-corrected chi connectivity index (χ3v) is 4.35. The van der Waals surface area contributed by atoms with Crippen molar-refractivity contribution in [1.82, 2.24) is 9.97 Å². The molecule has 0 aliphatic heterocycles. The zero-order valence-electron chi connectivity index (χ0n) is 11.8. The van der Waals surface area contributed by atoms with Gasteiger partial charge in [0.1, 0.15) is 6.61 Å². The molecule has 4 heteroatoms. The number of ether oxygens (including phenoxy) is 1. The molecule has 0 fully saturated rings. The van der Waals surface area contributed by atoms with Crippen LogP contribution in [-0.2, 0) is 4.74 Å². The number of imidazole rings is 1. The van der Waals surface area contributed by atoms with Crippen molar-refractivity contribution in [3.63, 3.8) is 0 Å². The van der Waals surface area contributed by atoms with Gasteiger partial charge < -0.3 is 9.72 Å². The number of aromatic nitrogens is 2. The standard InChI is InChI=1S/C18H14N2OS/c22-18(17-19-9-10-20-17)21-11-16-14-7-3-1-5-12(14)13-6-2-4-8-15(13)16/h1-10,16H,11H2,(H,19,20). The van der Waals surface area contributed by atoms with Crippen LogP contribution in [0.25, 0.3) is 11.1 Å². The molecule has 1 N–H and O–H groups in total. The molecule has 3 nitrogen and oxygen atoms in total. The molecule has 1 aromatic heterocycles. The average Bonchev–Trinajstić information content (AvgIpc) is 3.20. The van der Waals surface area contributed by atoms with Crippen LogP contribution in [0, 0.1) is 0 Å². The van der Waals surface area contributed by atoms with Crippen LogP contribution >= 0.6 is 12.2 Å². The first-order valence-corrected chi connectivity index (χ1v) is 7.60. The highest BCUT2D eigenvalue weighted by Crippen LogP contribution is 2.44. The van der Waals surface area contributed by atoms with Crippen molar-refractivity contribution in [2.75, 3.05) is 6.61 Å². The lowest BCUT2D eigenvalue weighted by atomic mass is 9.98. The van der Waals surface area contributed by atoms with E-state index < -0.39 is 0 Å². The van der Waals surface area contributed by atoms with Crippen molar-refractivity contribution in [3.8, 4) is 11.1 Å². The van der Waals surface area contributed by atoms with Gasteiger partial charge in [0, 0.05) is 18.3 Å². The fourth-order valence-corrected chi connectivity index (χ4v) is 3.22. The van der Waals surface area contributed by atoms with E-state index in [1.807, 2.05) is 0 Å². The van der Waals surface area contributed by atoms with Gasteiger partial charge in [-0.15, -0.1) is 0 Å². The number of H-pyrrole nitrogens is 1. The van der Waals surface area contributed by atoms with Gasteiger partial charge in [-0.2, -0.15) is 0 Å². The van der Waals surface area contributed by atoms with Gasteiger partial charge in [0.25, 0.3) is 0 Å². The number of thiocarbonyl (C=S) groups is 1. The maximum atomic E-state index is 5.82. The molecule has 0 bridgehead atoms. The summed E-state index contributed by atoms with van der Waals surface area (Å²) in [5.41, 5.74) is 5.17.